The molecule has 0 nitrogen and oxygen atoms in total. The highest BCUT2D eigenvalue weighted by Gasteiger charge is 2.26. The Morgan fingerprint density at radius 3 is 2.35 bits per heavy atom. The molecule has 1 atom stereocenters. The van der Waals surface area contributed by atoms with E-state index in [1.54, 1.807) is 6.07 Å². The minimum Gasteiger partial charge on any atom is -0.207 e. The Labute approximate surface area is 119 Å². The van der Waals surface area contributed by atoms with E-state index in [9.17, 15) is 8.78 Å². The molecule has 0 aliphatic heterocycles. The van der Waals surface area contributed by atoms with Crippen molar-refractivity contribution in [3.05, 3.63) is 41.5 Å². The topological polar surface area (TPSA) is 0 Å². The summed E-state index contributed by atoms with van der Waals surface area (Å²) in [7, 11) is 0. The van der Waals surface area contributed by atoms with Crippen LogP contribution in [0.3, 0.4) is 0 Å². The van der Waals surface area contributed by atoms with Gasteiger partial charge in [0.2, 0.25) is 0 Å². The van der Waals surface area contributed by atoms with E-state index in [-0.39, 0.29) is 0 Å². The summed E-state index contributed by atoms with van der Waals surface area (Å²) < 4.78 is 26.8. The van der Waals surface area contributed by atoms with Crippen molar-refractivity contribution >= 4 is 5.57 Å². The zero-order valence-electron chi connectivity index (χ0n) is 11.9. The van der Waals surface area contributed by atoms with Crippen LogP contribution in [0, 0.1) is 23.5 Å². The highest BCUT2D eigenvalue weighted by molar-refractivity contribution is 5.66. The molecule has 0 saturated heterocycles. The smallest absolute Gasteiger partial charge is 0.133 e. The number of hydrogen-bond acceptors (Lipinski definition) is 0. The predicted octanol–water partition coefficient (Wildman–Crippen LogP) is 5.73. The number of benzene rings is 1. The van der Waals surface area contributed by atoms with Gasteiger partial charge in [-0.25, -0.2) is 8.78 Å². The average molecular weight is 276 g/mol. The van der Waals surface area contributed by atoms with Crippen molar-refractivity contribution in [2.24, 2.45) is 11.8 Å². The quantitative estimate of drug-likeness (QED) is 0.647. The van der Waals surface area contributed by atoms with Crippen molar-refractivity contribution in [2.75, 3.05) is 0 Å². The molecule has 1 fully saturated rings. The molecular weight excluding hydrogens is 254 g/mol. The van der Waals surface area contributed by atoms with Gasteiger partial charge < -0.3 is 0 Å². The van der Waals surface area contributed by atoms with E-state index in [1.807, 2.05) is 0 Å². The Bertz CT molecular complexity index is 498. The van der Waals surface area contributed by atoms with E-state index in [4.69, 9.17) is 0 Å². The number of allylic oxidation sites excluding steroid dienone is 2. The van der Waals surface area contributed by atoms with Crippen molar-refractivity contribution in [1.29, 1.82) is 0 Å². The SMILES string of the molecule is Fc1ccc(C2=CCC(C3CCCCC3)CC2)c(F)c1. The molecule has 1 aromatic rings. The Morgan fingerprint density at radius 2 is 1.70 bits per heavy atom. The van der Waals surface area contributed by atoms with Gasteiger partial charge >= 0.3 is 0 Å². The lowest BCUT2D eigenvalue weighted by Crippen LogP contribution is -2.19. The van der Waals surface area contributed by atoms with E-state index < -0.39 is 11.6 Å². The van der Waals surface area contributed by atoms with Crippen molar-refractivity contribution in [2.45, 2.75) is 51.4 Å². The first-order chi connectivity index (χ1) is 9.74. The second kappa shape index (κ2) is 6.07. The summed E-state index contributed by atoms with van der Waals surface area (Å²) in [6.07, 6.45) is 12.3. The van der Waals surface area contributed by atoms with Gasteiger partial charge in [-0.3, -0.25) is 0 Å². The first kappa shape index (κ1) is 13.8. The summed E-state index contributed by atoms with van der Waals surface area (Å²) in [4.78, 5) is 0. The molecule has 2 heteroatoms. The molecule has 0 bridgehead atoms. The number of hydrogen-bond donors (Lipinski definition) is 0. The van der Waals surface area contributed by atoms with E-state index in [0.29, 0.717) is 5.56 Å². The van der Waals surface area contributed by atoms with E-state index in [0.717, 1.165) is 42.7 Å². The van der Waals surface area contributed by atoms with Gasteiger partial charge in [0.25, 0.3) is 0 Å². The maximum absolute atomic E-state index is 13.8. The molecule has 2 aliphatic carbocycles. The maximum atomic E-state index is 13.8. The molecule has 0 heterocycles. The molecule has 0 N–H and O–H groups in total. The average Bonchev–Trinajstić information content (AvgIpc) is 2.48. The van der Waals surface area contributed by atoms with Gasteiger partial charge in [-0.15, -0.1) is 0 Å². The summed E-state index contributed by atoms with van der Waals surface area (Å²) in [5.41, 5.74) is 1.66. The van der Waals surface area contributed by atoms with Crippen molar-refractivity contribution in [3.8, 4) is 0 Å². The van der Waals surface area contributed by atoms with Crippen molar-refractivity contribution in [3.63, 3.8) is 0 Å². The van der Waals surface area contributed by atoms with Crippen LogP contribution < -0.4 is 0 Å². The Morgan fingerprint density at radius 1 is 0.900 bits per heavy atom. The van der Waals surface area contributed by atoms with Crippen LogP contribution in [0.5, 0.6) is 0 Å². The van der Waals surface area contributed by atoms with E-state index in [2.05, 4.69) is 6.08 Å². The molecule has 1 unspecified atom stereocenters. The van der Waals surface area contributed by atoms with Crippen LogP contribution in [-0.2, 0) is 0 Å². The fraction of sp³-hybridized carbons (Fsp3) is 0.556. The van der Waals surface area contributed by atoms with Gasteiger partial charge in [0.05, 0.1) is 0 Å². The minimum absolute atomic E-state index is 0.424. The lowest BCUT2D eigenvalue weighted by atomic mass is 9.73. The highest BCUT2D eigenvalue weighted by atomic mass is 19.1. The molecule has 0 spiro atoms. The largest absolute Gasteiger partial charge is 0.207 e. The molecule has 3 rings (SSSR count). The lowest BCUT2D eigenvalue weighted by Gasteiger charge is -2.32. The van der Waals surface area contributed by atoms with Gasteiger partial charge in [-0.2, -0.15) is 0 Å². The third kappa shape index (κ3) is 2.94. The fourth-order valence-corrected chi connectivity index (χ4v) is 3.88. The predicted molar refractivity (Wildman–Crippen MR) is 78.3 cm³/mol. The summed E-state index contributed by atoms with van der Waals surface area (Å²) in [5.74, 6) is 0.734. The number of halogens is 2. The zero-order valence-corrected chi connectivity index (χ0v) is 11.9. The second-order valence-corrected chi connectivity index (χ2v) is 6.29. The molecule has 1 aromatic carbocycles. The van der Waals surface area contributed by atoms with Crippen LogP contribution in [0.15, 0.2) is 24.3 Å². The van der Waals surface area contributed by atoms with Gasteiger partial charge in [0, 0.05) is 11.6 Å². The van der Waals surface area contributed by atoms with Crippen LogP contribution in [-0.4, -0.2) is 0 Å². The first-order valence-electron chi connectivity index (χ1n) is 7.88. The maximum Gasteiger partial charge on any atom is 0.133 e. The fourth-order valence-electron chi connectivity index (χ4n) is 3.88. The monoisotopic (exact) mass is 276 g/mol. The van der Waals surface area contributed by atoms with Crippen LogP contribution in [0.25, 0.3) is 5.57 Å². The molecule has 1 saturated carbocycles. The summed E-state index contributed by atoms with van der Waals surface area (Å²) >= 11 is 0. The molecule has 2 aliphatic rings. The third-order valence-electron chi connectivity index (χ3n) is 5.05. The molecule has 108 valence electrons. The van der Waals surface area contributed by atoms with Crippen LogP contribution >= 0.6 is 0 Å². The minimum atomic E-state index is -0.497. The summed E-state index contributed by atoms with van der Waals surface area (Å²) in [6, 6.07) is 3.92. The molecule has 0 amide bonds. The third-order valence-corrected chi connectivity index (χ3v) is 5.05. The molecular formula is C18H22F2. The van der Waals surface area contributed by atoms with Crippen molar-refractivity contribution in [1.82, 2.24) is 0 Å². The molecule has 0 radical (unpaired) electrons. The standard InChI is InChI=1S/C18H22F2/c19-16-10-11-17(18(20)12-16)15-8-6-14(7-9-15)13-4-2-1-3-5-13/h8,10-14H,1-7,9H2. The molecule has 0 aromatic heterocycles. The van der Waals surface area contributed by atoms with Crippen LogP contribution in [0.1, 0.15) is 56.9 Å². The Kier molecular flexibility index (Phi) is 4.18. The lowest BCUT2D eigenvalue weighted by molar-refractivity contribution is 0.235. The second-order valence-electron chi connectivity index (χ2n) is 6.29. The van der Waals surface area contributed by atoms with E-state index >= 15 is 0 Å². The summed E-state index contributed by atoms with van der Waals surface area (Å²) in [6.45, 7) is 0. The van der Waals surface area contributed by atoms with Crippen LogP contribution in [0.4, 0.5) is 8.78 Å². The Balaban J connectivity index is 1.70. The summed E-state index contributed by atoms with van der Waals surface area (Å²) in [5, 5.41) is 0. The van der Waals surface area contributed by atoms with Gasteiger partial charge in [-0.05, 0) is 48.8 Å². The molecule has 20 heavy (non-hydrogen) atoms. The Hall–Kier alpha value is -1.18. The highest BCUT2D eigenvalue weighted by Crippen LogP contribution is 2.40. The zero-order chi connectivity index (χ0) is 13.9. The van der Waals surface area contributed by atoms with E-state index in [1.165, 1.54) is 38.2 Å². The van der Waals surface area contributed by atoms with Gasteiger partial charge in [0.1, 0.15) is 11.6 Å². The van der Waals surface area contributed by atoms with Crippen LogP contribution in [0.2, 0.25) is 0 Å². The normalized spacial score (nSPS) is 24.5. The number of rotatable bonds is 2. The van der Waals surface area contributed by atoms with Gasteiger partial charge in [0.15, 0.2) is 0 Å². The van der Waals surface area contributed by atoms with Gasteiger partial charge in [-0.1, -0.05) is 38.2 Å². The first-order valence-corrected chi connectivity index (χ1v) is 7.88. The van der Waals surface area contributed by atoms with Crippen molar-refractivity contribution < 1.29 is 8.78 Å².